The third-order valence-corrected chi connectivity index (χ3v) is 5.06. The molecular formula is C19H18Cl2N4O3. The summed E-state index contributed by atoms with van der Waals surface area (Å²) in [7, 11) is 0. The Morgan fingerprint density at radius 2 is 1.82 bits per heavy atom. The van der Waals surface area contributed by atoms with Crippen molar-refractivity contribution in [2.24, 2.45) is 0 Å². The molecule has 0 spiro atoms. The van der Waals surface area contributed by atoms with E-state index in [1.54, 1.807) is 41.9 Å². The van der Waals surface area contributed by atoms with Crippen LogP contribution in [0.5, 0.6) is 0 Å². The Hall–Kier alpha value is -2.45. The summed E-state index contributed by atoms with van der Waals surface area (Å²) in [6.45, 7) is 1.72. The molecule has 146 valence electrons. The van der Waals surface area contributed by atoms with Crippen LogP contribution in [0.25, 0.3) is 0 Å². The molecule has 3 aromatic rings. The van der Waals surface area contributed by atoms with Gasteiger partial charge in [0.1, 0.15) is 0 Å². The van der Waals surface area contributed by atoms with Crippen molar-refractivity contribution in [2.45, 2.75) is 26.7 Å². The fraction of sp³-hybridized carbons (Fsp3) is 0.211. The van der Waals surface area contributed by atoms with Crippen molar-refractivity contribution in [3.05, 3.63) is 74.5 Å². The molecule has 0 fully saturated rings. The molecular weight excluding hydrogens is 403 g/mol. The lowest BCUT2D eigenvalue weighted by Crippen LogP contribution is -2.15. The highest BCUT2D eigenvalue weighted by Gasteiger charge is 2.17. The van der Waals surface area contributed by atoms with E-state index >= 15 is 0 Å². The molecule has 0 aliphatic heterocycles. The second kappa shape index (κ2) is 8.70. The lowest BCUT2D eigenvalue weighted by atomic mass is 10.1. The van der Waals surface area contributed by atoms with E-state index in [1.165, 1.54) is 0 Å². The number of benzene rings is 2. The molecule has 1 amide bonds. The fourth-order valence-electron chi connectivity index (χ4n) is 2.73. The highest BCUT2D eigenvalue weighted by atomic mass is 35.5. The first-order valence-electron chi connectivity index (χ1n) is 8.41. The largest absolute Gasteiger partial charge is 0.392 e. The molecule has 3 rings (SSSR count). The summed E-state index contributed by atoms with van der Waals surface area (Å²) in [5, 5.41) is 30.3. The first-order valence-corrected chi connectivity index (χ1v) is 9.17. The Bertz CT molecular complexity index is 1020. The highest BCUT2D eigenvalue weighted by molar-refractivity contribution is 6.42. The summed E-state index contributed by atoms with van der Waals surface area (Å²) < 4.78 is 1.60. The fourth-order valence-corrected chi connectivity index (χ4v) is 3.05. The van der Waals surface area contributed by atoms with Crippen molar-refractivity contribution in [1.82, 2.24) is 15.0 Å². The summed E-state index contributed by atoms with van der Waals surface area (Å²) >= 11 is 12.0. The highest BCUT2D eigenvalue weighted by Crippen LogP contribution is 2.23. The molecule has 0 aliphatic carbocycles. The standard InChI is InChI=1S/C19H18Cl2N4O3/c1-11-18(19(28)22-15-4-3-13(9-26)14(7-15)10-27)23-24-25(11)8-12-2-5-16(20)17(21)6-12/h2-7,26-27H,8-10H2,1H3,(H,22,28). The second-order valence-corrected chi connectivity index (χ2v) is 7.00. The minimum Gasteiger partial charge on any atom is -0.392 e. The quantitative estimate of drug-likeness (QED) is 0.568. The summed E-state index contributed by atoms with van der Waals surface area (Å²) in [5.41, 5.74) is 3.30. The summed E-state index contributed by atoms with van der Waals surface area (Å²) in [6.07, 6.45) is 0. The lowest BCUT2D eigenvalue weighted by molar-refractivity contribution is 0.102. The molecule has 0 saturated carbocycles. The SMILES string of the molecule is Cc1c(C(=O)Nc2ccc(CO)c(CO)c2)nnn1Cc1ccc(Cl)c(Cl)c1. The van der Waals surface area contributed by atoms with Crippen LogP contribution in [0.4, 0.5) is 5.69 Å². The van der Waals surface area contributed by atoms with E-state index in [1.807, 2.05) is 6.07 Å². The van der Waals surface area contributed by atoms with Gasteiger partial charge in [0.15, 0.2) is 5.69 Å². The van der Waals surface area contributed by atoms with Gasteiger partial charge in [-0.05, 0) is 47.9 Å². The van der Waals surface area contributed by atoms with Crippen LogP contribution in [0.15, 0.2) is 36.4 Å². The Morgan fingerprint density at radius 1 is 1.07 bits per heavy atom. The monoisotopic (exact) mass is 420 g/mol. The predicted octanol–water partition coefficient (Wildman–Crippen LogP) is 3.18. The van der Waals surface area contributed by atoms with Crippen molar-refractivity contribution in [1.29, 1.82) is 0 Å². The summed E-state index contributed by atoms with van der Waals surface area (Å²) in [5.74, 6) is -0.418. The molecule has 28 heavy (non-hydrogen) atoms. The van der Waals surface area contributed by atoms with Gasteiger partial charge in [-0.1, -0.05) is 40.5 Å². The molecule has 7 nitrogen and oxygen atoms in total. The molecule has 0 unspecified atom stereocenters. The van der Waals surface area contributed by atoms with Gasteiger partial charge in [-0.15, -0.1) is 5.10 Å². The molecule has 2 aromatic carbocycles. The van der Waals surface area contributed by atoms with Gasteiger partial charge in [0, 0.05) is 5.69 Å². The van der Waals surface area contributed by atoms with Gasteiger partial charge in [-0.25, -0.2) is 4.68 Å². The van der Waals surface area contributed by atoms with Crippen LogP contribution in [0.1, 0.15) is 32.9 Å². The van der Waals surface area contributed by atoms with Crippen LogP contribution < -0.4 is 5.32 Å². The van der Waals surface area contributed by atoms with Gasteiger partial charge in [0.25, 0.3) is 5.91 Å². The number of halogens is 2. The molecule has 0 saturated heterocycles. The predicted molar refractivity (Wildman–Crippen MR) is 107 cm³/mol. The minimum absolute atomic E-state index is 0.188. The van der Waals surface area contributed by atoms with E-state index in [9.17, 15) is 15.0 Å². The Labute approximate surface area is 171 Å². The van der Waals surface area contributed by atoms with Crippen LogP contribution in [-0.4, -0.2) is 31.1 Å². The normalized spacial score (nSPS) is 10.9. The molecule has 9 heteroatoms. The Morgan fingerprint density at radius 3 is 2.50 bits per heavy atom. The third kappa shape index (κ3) is 4.34. The number of aliphatic hydroxyl groups excluding tert-OH is 2. The zero-order chi connectivity index (χ0) is 20.3. The maximum absolute atomic E-state index is 12.6. The van der Waals surface area contributed by atoms with Crippen LogP contribution >= 0.6 is 23.2 Å². The Kier molecular flexibility index (Phi) is 6.31. The van der Waals surface area contributed by atoms with E-state index < -0.39 is 5.91 Å². The third-order valence-electron chi connectivity index (χ3n) is 4.32. The van der Waals surface area contributed by atoms with Crippen LogP contribution in [0.2, 0.25) is 10.0 Å². The zero-order valence-electron chi connectivity index (χ0n) is 15.0. The molecule has 0 atom stereocenters. The number of hydrogen-bond acceptors (Lipinski definition) is 5. The van der Waals surface area contributed by atoms with E-state index in [-0.39, 0.29) is 18.9 Å². The van der Waals surface area contributed by atoms with Crippen LogP contribution in [0, 0.1) is 6.92 Å². The first kappa shape index (κ1) is 20.3. The lowest BCUT2D eigenvalue weighted by Gasteiger charge is -2.09. The first-order chi connectivity index (χ1) is 13.4. The number of hydrogen-bond donors (Lipinski definition) is 3. The van der Waals surface area contributed by atoms with Crippen molar-refractivity contribution in [3.8, 4) is 0 Å². The maximum Gasteiger partial charge on any atom is 0.278 e. The van der Waals surface area contributed by atoms with Gasteiger partial charge < -0.3 is 15.5 Å². The topological polar surface area (TPSA) is 100 Å². The number of nitrogens with zero attached hydrogens (tertiary/aromatic N) is 3. The second-order valence-electron chi connectivity index (χ2n) is 6.18. The molecule has 3 N–H and O–H groups in total. The van der Waals surface area contributed by atoms with Gasteiger partial charge in [0.2, 0.25) is 0 Å². The smallest absolute Gasteiger partial charge is 0.278 e. The number of aliphatic hydroxyl groups is 2. The number of anilines is 1. The number of carbonyl (C=O) groups excluding carboxylic acids is 1. The van der Waals surface area contributed by atoms with Crippen LogP contribution in [0.3, 0.4) is 0 Å². The number of rotatable bonds is 6. The number of aromatic nitrogens is 3. The average molecular weight is 421 g/mol. The number of nitrogens with one attached hydrogen (secondary N) is 1. The number of carbonyl (C=O) groups is 1. The molecule has 0 bridgehead atoms. The summed E-state index contributed by atoms with van der Waals surface area (Å²) in [6, 6.07) is 10.2. The zero-order valence-corrected chi connectivity index (χ0v) is 16.5. The Balaban J connectivity index is 1.77. The minimum atomic E-state index is -0.418. The van der Waals surface area contributed by atoms with Crippen molar-refractivity contribution in [2.75, 3.05) is 5.32 Å². The van der Waals surface area contributed by atoms with E-state index in [2.05, 4.69) is 15.6 Å². The van der Waals surface area contributed by atoms with Gasteiger partial charge in [-0.3, -0.25) is 4.79 Å². The van der Waals surface area contributed by atoms with Gasteiger partial charge in [0.05, 0.1) is 35.5 Å². The molecule has 1 heterocycles. The number of amides is 1. The molecule has 0 radical (unpaired) electrons. The van der Waals surface area contributed by atoms with E-state index in [4.69, 9.17) is 23.2 Å². The van der Waals surface area contributed by atoms with Gasteiger partial charge >= 0.3 is 0 Å². The van der Waals surface area contributed by atoms with Crippen molar-refractivity contribution >= 4 is 34.8 Å². The van der Waals surface area contributed by atoms with E-state index in [0.717, 1.165) is 5.56 Å². The van der Waals surface area contributed by atoms with Crippen molar-refractivity contribution in [3.63, 3.8) is 0 Å². The van der Waals surface area contributed by atoms with Crippen molar-refractivity contribution < 1.29 is 15.0 Å². The summed E-state index contributed by atoms with van der Waals surface area (Å²) in [4.78, 5) is 12.6. The van der Waals surface area contributed by atoms with Gasteiger partial charge in [-0.2, -0.15) is 0 Å². The van der Waals surface area contributed by atoms with E-state index in [0.29, 0.717) is 39.1 Å². The van der Waals surface area contributed by atoms with Crippen LogP contribution in [-0.2, 0) is 19.8 Å². The average Bonchev–Trinajstić information content (AvgIpc) is 3.05. The molecule has 1 aromatic heterocycles. The molecule has 0 aliphatic rings. The maximum atomic E-state index is 12.6.